The van der Waals surface area contributed by atoms with Gasteiger partial charge in [0, 0.05) is 29.5 Å². The second-order valence-corrected chi connectivity index (χ2v) is 9.03. The Morgan fingerprint density at radius 3 is 2.54 bits per heavy atom. The van der Waals surface area contributed by atoms with E-state index in [2.05, 4.69) is 80.9 Å². The monoisotopic (exact) mass is 396 g/mol. The summed E-state index contributed by atoms with van der Waals surface area (Å²) < 4.78 is 0. The van der Waals surface area contributed by atoms with Crippen molar-refractivity contribution in [2.24, 2.45) is 4.99 Å². The zero-order valence-corrected chi connectivity index (χ0v) is 18.7. The molecule has 0 amide bonds. The van der Waals surface area contributed by atoms with Crippen molar-refractivity contribution >= 4 is 29.2 Å². The van der Waals surface area contributed by atoms with Gasteiger partial charge in [-0.25, -0.2) is 0 Å². The molecule has 0 bridgehead atoms. The molecule has 2 nitrogen and oxygen atoms in total. The van der Waals surface area contributed by atoms with E-state index >= 15 is 0 Å². The van der Waals surface area contributed by atoms with Crippen LogP contribution in [0.15, 0.2) is 41.4 Å². The van der Waals surface area contributed by atoms with Gasteiger partial charge in [-0.15, -0.1) is 0 Å². The summed E-state index contributed by atoms with van der Waals surface area (Å²) in [5, 5.41) is 0.769. The minimum absolute atomic E-state index is 0.152. The van der Waals surface area contributed by atoms with Crippen molar-refractivity contribution in [3.63, 3.8) is 0 Å². The van der Waals surface area contributed by atoms with Crippen LogP contribution in [-0.2, 0) is 6.42 Å². The normalized spacial score (nSPS) is 18.5. The van der Waals surface area contributed by atoms with Crippen LogP contribution in [0.4, 0.5) is 11.4 Å². The van der Waals surface area contributed by atoms with E-state index < -0.39 is 0 Å². The Balaban J connectivity index is 1.86. The summed E-state index contributed by atoms with van der Waals surface area (Å²) in [4.78, 5) is 7.15. The molecule has 0 aliphatic carbocycles. The molecule has 2 aromatic rings. The summed E-state index contributed by atoms with van der Waals surface area (Å²) in [5.74, 6) is 0.509. The maximum atomic E-state index is 6.66. The number of benzene rings is 2. The summed E-state index contributed by atoms with van der Waals surface area (Å²) in [6.45, 7) is 12.4. The predicted octanol–water partition coefficient (Wildman–Crippen LogP) is 7.55. The van der Waals surface area contributed by atoms with Crippen molar-refractivity contribution in [1.29, 1.82) is 0 Å². The number of aryl methyl sites for hydroxylation is 1. The van der Waals surface area contributed by atoms with Gasteiger partial charge >= 0.3 is 0 Å². The molecule has 1 heterocycles. The molecule has 1 unspecified atom stereocenters. The third-order valence-corrected chi connectivity index (χ3v) is 6.26. The Bertz CT molecular complexity index is 836. The van der Waals surface area contributed by atoms with Gasteiger partial charge < -0.3 is 4.90 Å². The maximum Gasteiger partial charge on any atom is 0.0630 e. The van der Waals surface area contributed by atoms with E-state index in [9.17, 15) is 0 Å². The van der Waals surface area contributed by atoms with Crippen molar-refractivity contribution < 1.29 is 0 Å². The maximum absolute atomic E-state index is 6.66. The molecule has 150 valence electrons. The van der Waals surface area contributed by atoms with Crippen LogP contribution in [0.2, 0.25) is 5.02 Å². The highest BCUT2D eigenvalue weighted by atomic mass is 35.5. The number of rotatable bonds is 6. The fraction of sp³-hybridized carbons (Fsp3) is 0.480. The Kier molecular flexibility index (Phi) is 6.50. The van der Waals surface area contributed by atoms with Crippen LogP contribution in [0.5, 0.6) is 0 Å². The van der Waals surface area contributed by atoms with E-state index in [-0.39, 0.29) is 5.54 Å². The van der Waals surface area contributed by atoms with Gasteiger partial charge in [-0.1, -0.05) is 44.0 Å². The smallest absolute Gasteiger partial charge is 0.0630 e. The molecule has 3 rings (SSSR count). The molecule has 1 aliphatic rings. The predicted molar refractivity (Wildman–Crippen MR) is 124 cm³/mol. The Morgan fingerprint density at radius 2 is 1.89 bits per heavy atom. The molecular formula is C25H33ClN2. The second kappa shape index (κ2) is 8.69. The van der Waals surface area contributed by atoms with E-state index in [1.54, 1.807) is 0 Å². The van der Waals surface area contributed by atoms with E-state index in [0.29, 0.717) is 5.92 Å². The van der Waals surface area contributed by atoms with Gasteiger partial charge in [0.05, 0.1) is 10.7 Å². The zero-order valence-electron chi connectivity index (χ0n) is 17.9. The Hall–Kier alpha value is -1.80. The van der Waals surface area contributed by atoms with Crippen molar-refractivity contribution in [1.82, 2.24) is 0 Å². The molecule has 0 fully saturated rings. The number of aliphatic imine (C=N–C) groups is 1. The lowest BCUT2D eigenvalue weighted by atomic mass is 9.79. The number of nitrogens with zero attached hydrogens (tertiary/aromatic N) is 2. The molecule has 0 radical (unpaired) electrons. The average Bonchev–Trinajstić information content (AvgIpc) is 2.65. The van der Waals surface area contributed by atoms with Gasteiger partial charge in [-0.2, -0.15) is 0 Å². The van der Waals surface area contributed by atoms with Crippen LogP contribution >= 0.6 is 11.6 Å². The van der Waals surface area contributed by atoms with Crippen LogP contribution < -0.4 is 4.90 Å². The van der Waals surface area contributed by atoms with E-state index in [1.165, 1.54) is 29.7 Å². The molecule has 28 heavy (non-hydrogen) atoms. The first kappa shape index (κ1) is 20.9. The Morgan fingerprint density at radius 1 is 1.18 bits per heavy atom. The van der Waals surface area contributed by atoms with Crippen molar-refractivity contribution in [2.75, 3.05) is 11.4 Å². The minimum Gasteiger partial charge on any atom is -0.366 e. The molecule has 0 saturated heterocycles. The molecule has 3 heteroatoms. The highest BCUT2D eigenvalue weighted by Gasteiger charge is 2.35. The first-order chi connectivity index (χ1) is 13.4. The quantitative estimate of drug-likeness (QED) is 0.460. The lowest BCUT2D eigenvalue weighted by Crippen LogP contribution is -2.48. The van der Waals surface area contributed by atoms with Crippen molar-refractivity contribution in [3.05, 3.63) is 58.1 Å². The van der Waals surface area contributed by atoms with Crippen molar-refractivity contribution in [2.45, 2.75) is 71.8 Å². The van der Waals surface area contributed by atoms with Gasteiger partial charge in [-0.3, -0.25) is 4.99 Å². The minimum atomic E-state index is 0.152. The van der Waals surface area contributed by atoms with E-state index in [0.717, 1.165) is 35.7 Å². The molecule has 1 atom stereocenters. The van der Waals surface area contributed by atoms with Gasteiger partial charge in [0.2, 0.25) is 0 Å². The molecule has 0 saturated carbocycles. The first-order valence-corrected chi connectivity index (χ1v) is 11.0. The van der Waals surface area contributed by atoms with Crippen LogP contribution in [-0.4, -0.2) is 18.3 Å². The van der Waals surface area contributed by atoms with E-state index in [1.807, 2.05) is 6.21 Å². The molecule has 1 aliphatic heterocycles. The largest absolute Gasteiger partial charge is 0.366 e. The first-order valence-electron chi connectivity index (χ1n) is 10.6. The topological polar surface area (TPSA) is 15.6 Å². The van der Waals surface area contributed by atoms with Crippen molar-refractivity contribution in [3.8, 4) is 0 Å². The number of fused-ring (bicyclic) bond motifs is 1. The standard InChI is InChI=1S/C25H33ClN2/c1-6-8-9-19-10-12-21(13-11-19)27-17-20-14-22-18(3)16-25(4,5)28(7-2)24(22)15-23(20)26/h10-15,17-18H,6-9,16H2,1-5H3. The number of hydrogen-bond donors (Lipinski definition) is 0. The van der Waals surface area contributed by atoms with Gasteiger partial charge in [0.1, 0.15) is 0 Å². The summed E-state index contributed by atoms with van der Waals surface area (Å²) in [6, 6.07) is 12.9. The lowest BCUT2D eigenvalue weighted by Gasteiger charge is -2.47. The van der Waals surface area contributed by atoms with Crippen LogP contribution in [0.3, 0.4) is 0 Å². The van der Waals surface area contributed by atoms with Gasteiger partial charge in [-0.05, 0) is 81.3 Å². The average molecular weight is 397 g/mol. The van der Waals surface area contributed by atoms with E-state index in [4.69, 9.17) is 11.6 Å². The molecule has 0 spiro atoms. The molecule has 0 N–H and O–H groups in total. The molecule has 2 aromatic carbocycles. The van der Waals surface area contributed by atoms with Crippen LogP contribution in [0.1, 0.15) is 76.5 Å². The fourth-order valence-electron chi connectivity index (χ4n) is 4.49. The lowest BCUT2D eigenvalue weighted by molar-refractivity contribution is 0.381. The zero-order chi connectivity index (χ0) is 20.3. The van der Waals surface area contributed by atoms with Crippen LogP contribution in [0.25, 0.3) is 0 Å². The third kappa shape index (κ3) is 4.43. The summed E-state index contributed by atoms with van der Waals surface area (Å²) in [5.41, 5.74) is 6.15. The molecular weight excluding hydrogens is 364 g/mol. The van der Waals surface area contributed by atoms with Crippen LogP contribution in [0, 0.1) is 0 Å². The number of unbranched alkanes of at least 4 members (excludes halogenated alkanes) is 1. The number of hydrogen-bond acceptors (Lipinski definition) is 2. The number of anilines is 1. The highest BCUT2D eigenvalue weighted by Crippen LogP contribution is 2.44. The summed E-state index contributed by atoms with van der Waals surface area (Å²) in [6.07, 6.45) is 6.65. The number of halogens is 1. The summed E-state index contributed by atoms with van der Waals surface area (Å²) in [7, 11) is 0. The van der Waals surface area contributed by atoms with Gasteiger partial charge in [0.15, 0.2) is 0 Å². The fourth-order valence-corrected chi connectivity index (χ4v) is 4.70. The van der Waals surface area contributed by atoms with Gasteiger partial charge in [0.25, 0.3) is 0 Å². The SMILES string of the molecule is CCCCc1ccc(N=Cc2cc3c(cc2Cl)N(CC)C(C)(C)CC3C)cc1. The third-order valence-electron chi connectivity index (χ3n) is 5.93. The second-order valence-electron chi connectivity index (χ2n) is 8.62. The summed E-state index contributed by atoms with van der Waals surface area (Å²) >= 11 is 6.66. The molecule has 0 aromatic heterocycles. The highest BCUT2D eigenvalue weighted by molar-refractivity contribution is 6.33. The Labute approximate surface area is 175 Å².